The Labute approximate surface area is 132 Å². The largest absolute Gasteiger partial charge is 0.472 e. The number of likely N-dealkylation sites (tertiary alicyclic amines) is 1. The van der Waals surface area contributed by atoms with Crippen molar-refractivity contribution in [3.8, 4) is 11.3 Å². The van der Waals surface area contributed by atoms with Crippen molar-refractivity contribution in [2.24, 2.45) is 0 Å². The fourth-order valence-corrected chi connectivity index (χ4v) is 3.02. The lowest BCUT2D eigenvalue weighted by Gasteiger charge is -2.16. The minimum Gasteiger partial charge on any atom is -0.472 e. The standard InChI is InChI=1S/C16H17N5O2/c1-11-6-18-21(8-11)13-2-4-20(9-13)16(22)14-7-17-19-15(14)12-3-5-23-10-12/h3,5-8,10,13H,2,4,9H2,1H3,(H,17,19). The molecule has 1 N–H and O–H groups in total. The van der Waals surface area contributed by atoms with Crippen molar-refractivity contribution in [3.63, 3.8) is 0 Å². The Morgan fingerprint density at radius 2 is 2.35 bits per heavy atom. The summed E-state index contributed by atoms with van der Waals surface area (Å²) < 4.78 is 7.04. The monoisotopic (exact) mass is 311 g/mol. The average molecular weight is 311 g/mol. The molecule has 7 heteroatoms. The van der Waals surface area contributed by atoms with Crippen LogP contribution in [-0.2, 0) is 0 Å². The highest BCUT2D eigenvalue weighted by Crippen LogP contribution is 2.27. The molecule has 7 nitrogen and oxygen atoms in total. The molecule has 3 aromatic heterocycles. The van der Waals surface area contributed by atoms with Crippen LogP contribution in [0, 0.1) is 6.92 Å². The van der Waals surface area contributed by atoms with E-state index in [0.29, 0.717) is 17.8 Å². The van der Waals surface area contributed by atoms with Gasteiger partial charge in [-0.25, -0.2) is 0 Å². The summed E-state index contributed by atoms with van der Waals surface area (Å²) in [7, 11) is 0. The quantitative estimate of drug-likeness (QED) is 0.804. The molecule has 0 aromatic carbocycles. The van der Waals surface area contributed by atoms with Crippen molar-refractivity contribution < 1.29 is 9.21 Å². The Balaban J connectivity index is 1.54. The second kappa shape index (κ2) is 5.42. The van der Waals surface area contributed by atoms with E-state index in [-0.39, 0.29) is 11.9 Å². The zero-order valence-electron chi connectivity index (χ0n) is 12.8. The zero-order valence-corrected chi connectivity index (χ0v) is 12.8. The van der Waals surface area contributed by atoms with Crippen molar-refractivity contribution >= 4 is 5.91 Å². The molecule has 118 valence electrons. The van der Waals surface area contributed by atoms with Crippen molar-refractivity contribution in [3.05, 3.63) is 48.3 Å². The minimum absolute atomic E-state index is 0.0127. The number of hydrogen-bond acceptors (Lipinski definition) is 4. The number of aryl methyl sites for hydroxylation is 1. The van der Waals surface area contributed by atoms with E-state index in [1.807, 2.05) is 35.0 Å². The van der Waals surface area contributed by atoms with Gasteiger partial charge in [-0.05, 0) is 25.0 Å². The van der Waals surface area contributed by atoms with Crippen LogP contribution in [0.15, 0.2) is 41.6 Å². The van der Waals surface area contributed by atoms with Gasteiger partial charge in [-0.2, -0.15) is 10.2 Å². The summed E-state index contributed by atoms with van der Waals surface area (Å²) in [6, 6.07) is 2.04. The summed E-state index contributed by atoms with van der Waals surface area (Å²) in [5.41, 5.74) is 3.22. The molecule has 1 fully saturated rings. The predicted molar refractivity (Wildman–Crippen MR) is 82.8 cm³/mol. The zero-order chi connectivity index (χ0) is 15.8. The fourth-order valence-electron chi connectivity index (χ4n) is 3.02. The van der Waals surface area contributed by atoms with E-state index >= 15 is 0 Å². The molecule has 4 rings (SSSR count). The third-order valence-electron chi connectivity index (χ3n) is 4.23. The van der Waals surface area contributed by atoms with Gasteiger partial charge in [-0.1, -0.05) is 0 Å². The van der Waals surface area contributed by atoms with Gasteiger partial charge in [0.2, 0.25) is 0 Å². The molecule has 1 atom stereocenters. The van der Waals surface area contributed by atoms with Gasteiger partial charge in [0.25, 0.3) is 5.91 Å². The number of nitrogens with zero attached hydrogens (tertiary/aromatic N) is 4. The molecule has 4 heterocycles. The van der Waals surface area contributed by atoms with Gasteiger partial charge in [-0.15, -0.1) is 0 Å². The number of nitrogens with one attached hydrogen (secondary N) is 1. The Hall–Kier alpha value is -2.83. The van der Waals surface area contributed by atoms with Crippen molar-refractivity contribution in [1.82, 2.24) is 24.9 Å². The summed E-state index contributed by atoms with van der Waals surface area (Å²) in [4.78, 5) is 14.7. The third-order valence-corrected chi connectivity index (χ3v) is 4.23. The van der Waals surface area contributed by atoms with E-state index < -0.39 is 0 Å². The van der Waals surface area contributed by atoms with Gasteiger partial charge in [0.1, 0.15) is 0 Å². The van der Waals surface area contributed by atoms with Crippen LogP contribution in [0.2, 0.25) is 0 Å². The Bertz CT molecular complexity index is 817. The molecule has 1 aliphatic rings. The van der Waals surface area contributed by atoms with Crippen LogP contribution in [0.3, 0.4) is 0 Å². The van der Waals surface area contributed by atoms with Gasteiger partial charge < -0.3 is 9.32 Å². The number of rotatable bonds is 3. The van der Waals surface area contributed by atoms with E-state index in [2.05, 4.69) is 15.3 Å². The topological polar surface area (TPSA) is 80.0 Å². The first-order chi connectivity index (χ1) is 11.2. The molecule has 0 bridgehead atoms. The fraction of sp³-hybridized carbons (Fsp3) is 0.312. The van der Waals surface area contributed by atoms with Gasteiger partial charge in [0, 0.05) is 24.8 Å². The Morgan fingerprint density at radius 3 is 3.09 bits per heavy atom. The van der Waals surface area contributed by atoms with Gasteiger partial charge >= 0.3 is 0 Å². The molecule has 1 saturated heterocycles. The SMILES string of the molecule is Cc1cnn(C2CCN(C(=O)c3cn[nH]c3-c3ccoc3)C2)c1. The number of aromatic amines is 1. The van der Waals surface area contributed by atoms with E-state index in [1.54, 1.807) is 18.7 Å². The van der Waals surface area contributed by atoms with Crippen molar-refractivity contribution in [1.29, 1.82) is 0 Å². The maximum Gasteiger partial charge on any atom is 0.257 e. The van der Waals surface area contributed by atoms with Crippen LogP contribution in [0.1, 0.15) is 28.4 Å². The van der Waals surface area contributed by atoms with Crippen LogP contribution in [-0.4, -0.2) is 43.9 Å². The summed E-state index contributed by atoms with van der Waals surface area (Å²) in [6.45, 7) is 3.40. The van der Waals surface area contributed by atoms with E-state index in [4.69, 9.17) is 4.42 Å². The number of furan rings is 1. The van der Waals surface area contributed by atoms with E-state index in [0.717, 1.165) is 24.1 Å². The van der Waals surface area contributed by atoms with Crippen LogP contribution in [0.4, 0.5) is 0 Å². The molecule has 1 aliphatic heterocycles. The number of carbonyl (C=O) groups is 1. The van der Waals surface area contributed by atoms with E-state index in [9.17, 15) is 4.79 Å². The van der Waals surface area contributed by atoms with Crippen molar-refractivity contribution in [2.45, 2.75) is 19.4 Å². The lowest BCUT2D eigenvalue weighted by Crippen LogP contribution is -2.29. The predicted octanol–water partition coefficient (Wildman–Crippen LogP) is 2.26. The maximum absolute atomic E-state index is 12.8. The molecule has 0 radical (unpaired) electrons. The number of aromatic nitrogens is 4. The molecular weight excluding hydrogens is 294 g/mol. The van der Waals surface area contributed by atoms with Gasteiger partial charge in [-0.3, -0.25) is 14.6 Å². The van der Waals surface area contributed by atoms with E-state index in [1.165, 1.54) is 0 Å². The number of amides is 1. The summed E-state index contributed by atoms with van der Waals surface area (Å²) in [5, 5.41) is 11.3. The molecule has 1 unspecified atom stereocenters. The first-order valence-corrected chi connectivity index (χ1v) is 7.58. The second-order valence-electron chi connectivity index (χ2n) is 5.86. The first-order valence-electron chi connectivity index (χ1n) is 7.58. The van der Waals surface area contributed by atoms with Gasteiger partial charge in [0.05, 0.1) is 42.2 Å². The third kappa shape index (κ3) is 2.44. The molecule has 3 aromatic rings. The molecule has 1 amide bonds. The van der Waals surface area contributed by atoms with Crippen LogP contribution < -0.4 is 0 Å². The first kappa shape index (κ1) is 13.8. The highest BCUT2D eigenvalue weighted by molar-refractivity contribution is 5.99. The molecule has 23 heavy (non-hydrogen) atoms. The van der Waals surface area contributed by atoms with Crippen LogP contribution in [0.5, 0.6) is 0 Å². The summed E-state index contributed by atoms with van der Waals surface area (Å²) >= 11 is 0. The number of carbonyl (C=O) groups excluding carboxylic acids is 1. The Kier molecular flexibility index (Phi) is 3.25. The molecule has 0 aliphatic carbocycles. The highest BCUT2D eigenvalue weighted by atomic mass is 16.3. The Morgan fingerprint density at radius 1 is 1.43 bits per heavy atom. The van der Waals surface area contributed by atoms with Crippen molar-refractivity contribution in [2.75, 3.05) is 13.1 Å². The molecular formula is C16H17N5O2. The second-order valence-corrected chi connectivity index (χ2v) is 5.86. The minimum atomic E-state index is -0.0127. The number of H-pyrrole nitrogens is 1. The smallest absolute Gasteiger partial charge is 0.257 e. The van der Waals surface area contributed by atoms with Crippen LogP contribution >= 0.6 is 0 Å². The maximum atomic E-state index is 12.8. The molecule has 0 spiro atoms. The number of hydrogen-bond donors (Lipinski definition) is 1. The average Bonchev–Trinajstić information content (AvgIpc) is 3.31. The molecule has 0 saturated carbocycles. The van der Waals surface area contributed by atoms with Gasteiger partial charge in [0.15, 0.2) is 0 Å². The lowest BCUT2D eigenvalue weighted by atomic mass is 10.1. The summed E-state index contributed by atoms with van der Waals surface area (Å²) in [6.07, 6.45) is 9.53. The normalized spacial score (nSPS) is 17.8. The lowest BCUT2D eigenvalue weighted by molar-refractivity contribution is 0.0788. The van der Waals surface area contributed by atoms with Crippen LogP contribution in [0.25, 0.3) is 11.3 Å². The summed E-state index contributed by atoms with van der Waals surface area (Å²) in [5.74, 6) is -0.0127. The highest BCUT2D eigenvalue weighted by Gasteiger charge is 2.30.